The number of aliphatic hydroxyl groups is 1. The molecule has 1 heterocycles. The number of halogens is 3. The van der Waals surface area contributed by atoms with Crippen molar-refractivity contribution in [3.8, 4) is 0 Å². The van der Waals surface area contributed by atoms with Crippen LogP contribution in [0.25, 0.3) is 0 Å². The molecule has 1 fully saturated rings. The quantitative estimate of drug-likeness (QED) is 0.324. The predicted molar refractivity (Wildman–Crippen MR) is 116 cm³/mol. The van der Waals surface area contributed by atoms with Gasteiger partial charge in [-0.25, -0.2) is 4.99 Å². The van der Waals surface area contributed by atoms with E-state index >= 15 is 0 Å². The van der Waals surface area contributed by atoms with Crippen molar-refractivity contribution in [2.24, 2.45) is 17.5 Å². The summed E-state index contributed by atoms with van der Waals surface area (Å²) in [5.41, 5.74) is 0.845. The number of rotatable bonds is 5. The van der Waals surface area contributed by atoms with Gasteiger partial charge in [0, 0.05) is 31.2 Å². The van der Waals surface area contributed by atoms with E-state index < -0.39 is 0 Å². The largest absolute Gasteiger partial charge is 0.392 e. The molecule has 25 heavy (non-hydrogen) atoms. The molecule has 1 aromatic rings. The van der Waals surface area contributed by atoms with Crippen LogP contribution in [-0.4, -0.2) is 34.8 Å². The Labute approximate surface area is 177 Å². The molecule has 2 rings (SSSR count). The van der Waals surface area contributed by atoms with E-state index in [1.165, 1.54) is 6.42 Å². The number of aromatic nitrogens is 1. The summed E-state index contributed by atoms with van der Waals surface area (Å²) in [7, 11) is 1.87. The highest BCUT2D eigenvalue weighted by atomic mass is 127. The Hall–Kier alpha value is -0.180. The number of guanidine groups is 1. The molecule has 8 heteroatoms. The highest BCUT2D eigenvalue weighted by molar-refractivity contribution is 14.0. The molecular weight excluding hydrogens is 474 g/mol. The predicted octanol–water partition coefficient (Wildman–Crippen LogP) is 3.95. The smallest absolute Gasteiger partial charge is 0.191 e. The van der Waals surface area contributed by atoms with Crippen LogP contribution in [0.2, 0.25) is 10.2 Å². The first-order valence-corrected chi connectivity index (χ1v) is 9.33. The van der Waals surface area contributed by atoms with E-state index in [1.54, 1.807) is 0 Å². The second-order valence-corrected chi connectivity index (χ2v) is 7.56. The second-order valence-electron chi connectivity index (χ2n) is 6.80. The summed E-state index contributed by atoms with van der Waals surface area (Å²) < 4.78 is 1.84. The van der Waals surface area contributed by atoms with Crippen LogP contribution in [0.5, 0.6) is 0 Å². The number of nitrogens with zero attached hydrogens (tertiary/aromatic N) is 2. The molecule has 0 radical (unpaired) electrons. The number of aliphatic imine (C=N–C) groups is 1. The summed E-state index contributed by atoms with van der Waals surface area (Å²) in [5, 5.41) is 18.0. The zero-order chi connectivity index (χ0) is 17.7. The Morgan fingerprint density at radius 3 is 2.68 bits per heavy atom. The fourth-order valence-corrected chi connectivity index (χ4v) is 3.53. The van der Waals surface area contributed by atoms with Crippen molar-refractivity contribution >= 4 is 53.1 Å². The lowest BCUT2D eigenvalue weighted by Crippen LogP contribution is -2.48. The molecule has 2 unspecified atom stereocenters. The molecule has 1 aliphatic carbocycles. The maximum absolute atomic E-state index is 10.3. The molecule has 0 saturated heterocycles. The average molecular weight is 503 g/mol. The van der Waals surface area contributed by atoms with Crippen LogP contribution < -0.4 is 10.6 Å². The topological polar surface area (TPSA) is 61.6 Å². The molecule has 5 nitrogen and oxygen atoms in total. The first kappa shape index (κ1) is 22.9. The second kappa shape index (κ2) is 10.2. The van der Waals surface area contributed by atoms with Gasteiger partial charge in [0.2, 0.25) is 0 Å². The van der Waals surface area contributed by atoms with Gasteiger partial charge in [-0.1, -0.05) is 43.0 Å². The molecule has 0 spiro atoms. The Morgan fingerprint density at radius 1 is 1.40 bits per heavy atom. The van der Waals surface area contributed by atoms with Crippen LogP contribution in [0.15, 0.2) is 11.1 Å². The van der Waals surface area contributed by atoms with Gasteiger partial charge in [0.25, 0.3) is 0 Å². The maximum Gasteiger partial charge on any atom is 0.191 e. The first-order valence-electron chi connectivity index (χ1n) is 8.57. The van der Waals surface area contributed by atoms with E-state index in [0.717, 1.165) is 37.5 Å². The third-order valence-electron chi connectivity index (χ3n) is 4.90. The third-order valence-corrected chi connectivity index (χ3v) is 5.74. The Balaban J connectivity index is 0.00000312. The summed E-state index contributed by atoms with van der Waals surface area (Å²) in [6.07, 6.45) is 3.94. The lowest BCUT2D eigenvalue weighted by Gasteiger charge is -2.38. The van der Waals surface area contributed by atoms with Crippen LogP contribution in [0.4, 0.5) is 0 Å². The zero-order valence-electron chi connectivity index (χ0n) is 15.1. The van der Waals surface area contributed by atoms with E-state index in [2.05, 4.69) is 22.5 Å². The van der Waals surface area contributed by atoms with Gasteiger partial charge in [-0.3, -0.25) is 0 Å². The summed E-state index contributed by atoms with van der Waals surface area (Å²) >= 11 is 12.1. The van der Waals surface area contributed by atoms with E-state index in [4.69, 9.17) is 23.2 Å². The minimum atomic E-state index is -0.257. The van der Waals surface area contributed by atoms with Crippen LogP contribution in [0, 0.1) is 5.41 Å². The van der Waals surface area contributed by atoms with Gasteiger partial charge in [-0.15, -0.1) is 24.0 Å². The standard InChI is InChI=1S/C17H28Cl2N4O.HI/c1-4-20-16(21-10-12-9-13(18)15(19)23(12)3)22-11-17(2)8-6-5-7-14(17)24;/h9,14,24H,4-8,10-11H2,1-3H3,(H2,20,21,22);1H. The maximum atomic E-state index is 10.3. The first-order chi connectivity index (χ1) is 11.4. The van der Waals surface area contributed by atoms with E-state index in [9.17, 15) is 5.11 Å². The zero-order valence-corrected chi connectivity index (χ0v) is 19.0. The number of aliphatic hydroxyl groups excluding tert-OH is 1. The highest BCUT2D eigenvalue weighted by Crippen LogP contribution is 2.35. The molecule has 3 N–H and O–H groups in total. The highest BCUT2D eigenvalue weighted by Gasteiger charge is 2.35. The normalized spacial score (nSPS) is 23.9. The SMILES string of the molecule is CCNC(=NCc1cc(Cl)c(Cl)n1C)NCC1(C)CCCCC1O.I. The van der Waals surface area contributed by atoms with Gasteiger partial charge in [0.05, 0.1) is 17.7 Å². The van der Waals surface area contributed by atoms with E-state index in [1.807, 2.05) is 24.6 Å². The van der Waals surface area contributed by atoms with Gasteiger partial charge < -0.3 is 20.3 Å². The van der Waals surface area contributed by atoms with E-state index in [-0.39, 0.29) is 35.5 Å². The van der Waals surface area contributed by atoms with Gasteiger partial charge >= 0.3 is 0 Å². The van der Waals surface area contributed by atoms with Crippen molar-refractivity contribution < 1.29 is 5.11 Å². The molecule has 0 amide bonds. The lowest BCUT2D eigenvalue weighted by atomic mass is 9.73. The summed E-state index contributed by atoms with van der Waals surface area (Å²) in [6, 6.07) is 1.84. The molecule has 0 aliphatic heterocycles. The van der Waals surface area contributed by atoms with Crippen molar-refractivity contribution in [2.45, 2.75) is 52.2 Å². The average Bonchev–Trinajstić information content (AvgIpc) is 2.80. The van der Waals surface area contributed by atoms with E-state index in [0.29, 0.717) is 23.3 Å². The lowest BCUT2D eigenvalue weighted by molar-refractivity contribution is 0.00397. The van der Waals surface area contributed by atoms with Crippen LogP contribution >= 0.6 is 47.2 Å². The third kappa shape index (κ3) is 5.91. The molecular formula is C17H29Cl2IN4O. The summed E-state index contributed by atoms with van der Waals surface area (Å²) in [5.74, 6) is 0.741. The molecule has 0 aromatic carbocycles. The van der Waals surface area contributed by atoms with Crippen LogP contribution in [0.1, 0.15) is 45.2 Å². The fraction of sp³-hybridized carbons (Fsp3) is 0.706. The van der Waals surface area contributed by atoms with Gasteiger partial charge in [-0.2, -0.15) is 0 Å². The van der Waals surface area contributed by atoms with Crippen molar-refractivity contribution in [3.63, 3.8) is 0 Å². The number of hydrogen-bond acceptors (Lipinski definition) is 2. The summed E-state index contributed by atoms with van der Waals surface area (Å²) in [6.45, 7) is 6.14. The Morgan fingerprint density at radius 2 is 2.12 bits per heavy atom. The monoisotopic (exact) mass is 502 g/mol. The minimum absolute atomic E-state index is 0. The van der Waals surface area contributed by atoms with Gasteiger partial charge in [0.1, 0.15) is 5.15 Å². The van der Waals surface area contributed by atoms with Crippen molar-refractivity contribution in [1.29, 1.82) is 0 Å². The van der Waals surface area contributed by atoms with Crippen LogP contribution in [0.3, 0.4) is 0 Å². The van der Waals surface area contributed by atoms with Gasteiger partial charge in [0.15, 0.2) is 5.96 Å². The number of nitrogens with one attached hydrogen (secondary N) is 2. The van der Waals surface area contributed by atoms with Gasteiger partial charge in [-0.05, 0) is 25.8 Å². The van der Waals surface area contributed by atoms with Crippen molar-refractivity contribution in [1.82, 2.24) is 15.2 Å². The molecule has 0 bridgehead atoms. The molecule has 1 aliphatic rings. The van der Waals surface area contributed by atoms with Crippen molar-refractivity contribution in [2.75, 3.05) is 13.1 Å². The van der Waals surface area contributed by atoms with Crippen molar-refractivity contribution in [3.05, 3.63) is 21.9 Å². The fourth-order valence-electron chi connectivity index (χ4n) is 3.12. The molecule has 1 saturated carbocycles. The molecule has 2 atom stereocenters. The van der Waals surface area contributed by atoms with Crippen LogP contribution in [-0.2, 0) is 13.6 Å². The summed E-state index contributed by atoms with van der Waals surface area (Å²) in [4.78, 5) is 4.61. The molecule has 1 aromatic heterocycles. The minimum Gasteiger partial charge on any atom is -0.392 e. The Kier molecular flexibility index (Phi) is 9.36. The Bertz CT molecular complexity index is 593. The number of hydrogen-bond donors (Lipinski definition) is 3. The molecule has 144 valence electrons.